The number of nitriles is 1. The van der Waals surface area contributed by atoms with E-state index in [1.165, 1.54) is 6.39 Å². The Bertz CT molecular complexity index is 658. The highest BCUT2D eigenvalue weighted by atomic mass is 79.9. The van der Waals surface area contributed by atoms with Crippen molar-refractivity contribution in [2.45, 2.75) is 13.3 Å². The number of aryl methyl sites for hydroxylation is 1. The van der Waals surface area contributed by atoms with Crippen LogP contribution < -0.4 is 0 Å². The number of esters is 1. The zero-order chi connectivity index (χ0) is 15.2. The topological polar surface area (TPSA) is 76.1 Å². The van der Waals surface area contributed by atoms with Crippen molar-refractivity contribution in [2.75, 3.05) is 6.61 Å². The first-order valence-electron chi connectivity index (χ1n) is 6.31. The number of hydrogen-bond acceptors (Lipinski definition) is 5. The quantitative estimate of drug-likeness (QED) is 0.775. The van der Waals surface area contributed by atoms with Crippen LogP contribution in [-0.2, 0) is 11.2 Å². The number of benzene rings is 1. The Labute approximate surface area is 130 Å². The van der Waals surface area contributed by atoms with Crippen LogP contribution >= 0.6 is 15.9 Å². The number of oxazole rings is 1. The molecular weight excluding hydrogens is 336 g/mol. The van der Waals surface area contributed by atoms with Gasteiger partial charge in [-0.1, -0.05) is 28.1 Å². The molecule has 6 heteroatoms. The lowest BCUT2D eigenvalue weighted by Gasteiger charge is -2.09. The third-order valence-corrected chi connectivity index (χ3v) is 3.46. The lowest BCUT2D eigenvalue weighted by atomic mass is 10.0. The maximum atomic E-state index is 11.8. The van der Waals surface area contributed by atoms with Crippen molar-refractivity contribution < 1.29 is 13.9 Å². The molecule has 1 heterocycles. The first kappa shape index (κ1) is 15.3. The van der Waals surface area contributed by atoms with E-state index >= 15 is 0 Å². The predicted molar refractivity (Wildman–Crippen MR) is 78.5 cm³/mol. The number of nitrogens with zero attached hydrogens (tertiary/aromatic N) is 2. The second-order valence-electron chi connectivity index (χ2n) is 4.51. The zero-order valence-electron chi connectivity index (χ0n) is 11.4. The molecule has 0 amide bonds. The van der Waals surface area contributed by atoms with Crippen LogP contribution in [0.25, 0.3) is 0 Å². The fourth-order valence-corrected chi connectivity index (χ4v) is 2.06. The van der Waals surface area contributed by atoms with E-state index in [1.807, 2.05) is 24.3 Å². The van der Waals surface area contributed by atoms with Gasteiger partial charge in [0.15, 0.2) is 12.1 Å². The molecule has 5 nitrogen and oxygen atoms in total. The molecule has 0 spiro atoms. The van der Waals surface area contributed by atoms with Gasteiger partial charge >= 0.3 is 5.97 Å². The van der Waals surface area contributed by atoms with E-state index in [-0.39, 0.29) is 12.3 Å². The lowest BCUT2D eigenvalue weighted by molar-refractivity contribution is 0.0460. The van der Waals surface area contributed by atoms with Crippen LogP contribution in [0.1, 0.15) is 21.8 Å². The van der Waals surface area contributed by atoms with E-state index in [0.29, 0.717) is 12.2 Å². The first-order valence-corrected chi connectivity index (χ1v) is 7.10. The van der Waals surface area contributed by atoms with Crippen molar-refractivity contribution in [1.82, 2.24) is 4.98 Å². The fourth-order valence-electron chi connectivity index (χ4n) is 1.79. The average Bonchev–Trinajstić information content (AvgIpc) is 2.91. The Morgan fingerprint density at radius 3 is 2.76 bits per heavy atom. The first-order chi connectivity index (χ1) is 10.1. The minimum atomic E-state index is -0.572. The van der Waals surface area contributed by atoms with Crippen LogP contribution in [0.3, 0.4) is 0 Å². The Balaban J connectivity index is 1.91. The van der Waals surface area contributed by atoms with Crippen LogP contribution in [-0.4, -0.2) is 17.6 Å². The van der Waals surface area contributed by atoms with Gasteiger partial charge in [0.05, 0.1) is 12.0 Å². The second-order valence-corrected chi connectivity index (χ2v) is 5.43. The Hall–Kier alpha value is -2.13. The molecule has 0 aliphatic carbocycles. The number of ether oxygens (including phenoxy) is 1. The fraction of sp³-hybridized carbons (Fsp3) is 0.267. The van der Waals surface area contributed by atoms with Gasteiger partial charge in [-0.25, -0.2) is 9.78 Å². The highest BCUT2D eigenvalue weighted by Crippen LogP contribution is 2.15. The standard InChI is InChI=1S/C15H13BrN2O3/c1-10-14(18-9-21-10)15(19)20-8-12(7-17)6-11-2-4-13(16)5-3-11/h2-5,9,12H,6,8H2,1H3/t12-/m0/s1. The molecule has 0 bridgehead atoms. The summed E-state index contributed by atoms with van der Waals surface area (Å²) in [6, 6.07) is 9.83. The van der Waals surface area contributed by atoms with Crippen LogP contribution in [0.2, 0.25) is 0 Å². The molecule has 2 rings (SSSR count). The molecule has 0 aliphatic rings. The van der Waals surface area contributed by atoms with Gasteiger partial charge in [0.2, 0.25) is 0 Å². The van der Waals surface area contributed by atoms with Crippen LogP contribution in [0.5, 0.6) is 0 Å². The predicted octanol–water partition coefficient (Wildman–Crippen LogP) is 3.28. The summed E-state index contributed by atoms with van der Waals surface area (Å²) in [4.78, 5) is 15.6. The van der Waals surface area contributed by atoms with E-state index in [2.05, 4.69) is 27.0 Å². The Morgan fingerprint density at radius 1 is 1.48 bits per heavy atom. The molecule has 21 heavy (non-hydrogen) atoms. The number of halogens is 1. The summed E-state index contributed by atoms with van der Waals surface area (Å²) in [6.45, 7) is 1.66. The molecule has 0 saturated carbocycles. The molecule has 0 radical (unpaired) electrons. The normalized spacial score (nSPS) is 11.7. The minimum Gasteiger partial charge on any atom is -0.459 e. The van der Waals surface area contributed by atoms with E-state index in [9.17, 15) is 4.79 Å². The van der Waals surface area contributed by atoms with E-state index < -0.39 is 11.9 Å². The molecule has 1 aromatic heterocycles. The molecule has 0 aliphatic heterocycles. The zero-order valence-corrected chi connectivity index (χ0v) is 13.0. The summed E-state index contributed by atoms with van der Waals surface area (Å²) in [6.07, 6.45) is 1.71. The Kier molecular flexibility index (Phi) is 5.12. The van der Waals surface area contributed by atoms with Gasteiger partial charge in [-0.05, 0) is 31.0 Å². The number of hydrogen-bond donors (Lipinski definition) is 0. The minimum absolute atomic E-state index is 0.0255. The van der Waals surface area contributed by atoms with Crippen molar-refractivity contribution in [3.8, 4) is 6.07 Å². The van der Waals surface area contributed by atoms with Crippen molar-refractivity contribution in [2.24, 2.45) is 5.92 Å². The SMILES string of the molecule is Cc1ocnc1C(=O)OC[C@H](C#N)Cc1ccc(Br)cc1. The summed E-state index contributed by atoms with van der Waals surface area (Å²) in [5.41, 5.74) is 1.16. The van der Waals surface area contributed by atoms with Crippen molar-refractivity contribution >= 4 is 21.9 Å². The molecule has 0 N–H and O–H groups in total. The highest BCUT2D eigenvalue weighted by molar-refractivity contribution is 9.10. The summed E-state index contributed by atoms with van der Waals surface area (Å²) in [5.74, 6) is -0.568. The molecular formula is C15H13BrN2O3. The molecule has 0 fully saturated rings. The van der Waals surface area contributed by atoms with Crippen molar-refractivity contribution in [3.05, 3.63) is 52.1 Å². The van der Waals surface area contributed by atoms with Gasteiger partial charge in [0.1, 0.15) is 12.4 Å². The van der Waals surface area contributed by atoms with Gasteiger partial charge in [0, 0.05) is 4.47 Å². The van der Waals surface area contributed by atoms with Gasteiger partial charge in [-0.2, -0.15) is 5.26 Å². The largest absolute Gasteiger partial charge is 0.459 e. The summed E-state index contributed by atoms with van der Waals surface area (Å²) < 4.78 is 11.0. The maximum Gasteiger partial charge on any atom is 0.360 e. The van der Waals surface area contributed by atoms with Gasteiger partial charge in [0.25, 0.3) is 0 Å². The molecule has 2 aromatic rings. The molecule has 108 valence electrons. The number of carbonyl (C=O) groups is 1. The number of rotatable bonds is 5. The summed E-state index contributed by atoms with van der Waals surface area (Å²) in [5, 5.41) is 9.16. The lowest BCUT2D eigenvalue weighted by Crippen LogP contribution is -2.16. The summed E-state index contributed by atoms with van der Waals surface area (Å²) in [7, 11) is 0. The van der Waals surface area contributed by atoms with Crippen LogP contribution in [0, 0.1) is 24.2 Å². The van der Waals surface area contributed by atoms with E-state index in [1.54, 1.807) is 6.92 Å². The van der Waals surface area contributed by atoms with Gasteiger partial charge < -0.3 is 9.15 Å². The van der Waals surface area contributed by atoms with Gasteiger partial charge in [-0.3, -0.25) is 0 Å². The molecule has 1 atom stereocenters. The van der Waals surface area contributed by atoms with E-state index in [4.69, 9.17) is 14.4 Å². The summed E-state index contributed by atoms with van der Waals surface area (Å²) >= 11 is 3.36. The van der Waals surface area contributed by atoms with Crippen molar-refractivity contribution in [1.29, 1.82) is 5.26 Å². The van der Waals surface area contributed by atoms with Crippen LogP contribution in [0.15, 0.2) is 39.5 Å². The average molecular weight is 349 g/mol. The molecule has 0 saturated heterocycles. The smallest absolute Gasteiger partial charge is 0.360 e. The second kappa shape index (κ2) is 7.04. The third kappa shape index (κ3) is 4.17. The van der Waals surface area contributed by atoms with Crippen LogP contribution in [0.4, 0.5) is 0 Å². The van der Waals surface area contributed by atoms with Gasteiger partial charge in [-0.15, -0.1) is 0 Å². The Morgan fingerprint density at radius 2 is 2.19 bits per heavy atom. The van der Waals surface area contributed by atoms with E-state index in [0.717, 1.165) is 10.0 Å². The number of aromatic nitrogens is 1. The third-order valence-electron chi connectivity index (χ3n) is 2.93. The monoisotopic (exact) mass is 348 g/mol. The molecule has 1 aromatic carbocycles. The molecule has 0 unspecified atom stereocenters. The van der Waals surface area contributed by atoms with Crippen molar-refractivity contribution in [3.63, 3.8) is 0 Å². The number of carbonyl (C=O) groups excluding carboxylic acids is 1. The highest BCUT2D eigenvalue weighted by Gasteiger charge is 2.18. The maximum absolute atomic E-state index is 11.8.